The van der Waals surface area contributed by atoms with E-state index in [2.05, 4.69) is 10.6 Å². The molecule has 0 aliphatic heterocycles. The lowest BCUT2D eigenvalue weighted by molar-refractivity contribution is -0.885. The number of amides is 2. The minimum atomic E-state index is -0.107. The molecular formula is C19H24N3O3+. The van der Waals surface area contributed by atoms with Gasteiger partial charge in [0.1, 0.15) is 12.3 Å². The third-order valence-electron chi connectivity index (χ3n) is 3.76. The van der Waals surface area contributed by atoms with Gasteiger partial charge in [0, 0.05) is 29.9 Å². The lowest BCUT2D eigenvalue weighted by Gasteiger charge is -2.14. The second kappa shape index (κ2) is 8.84. The highest BCUT2D eigenvalue weighted by molar-refractivity contribution is 5.94. The maximum atomic E-state index is 12.2. The summed E-state index contributed by atoms with van der Waals surface area (Å²) in [6.45, 7) is 1.04. The second-order valence-electron chi connectivity index (χ2n) is 5.87. The molecule has 0 bridgehead atoms. The van der Waals surface area contributed by atoms with Crippen LogP contribution in [0.25, 0.3) is 0 Å². The summed E-state index contributed by atoms with van der Waals surface area (Å²) in [7, 11) is 5.15. The summed E-state index contributed by atoms with van der Waals surface area (Å²) in [5, 5.41) is 5.47. The van der Waals surface area contributed by atoms with Crippen LogP contribution < -0.4 is 20.3 Å². The van der Waals surface area contributed by atoms with Gasteiger partial charge in [-0.1, -0.05) is 18.2 Å². The molecule has 1 atom stereocenters. The van der Waals surface area contributed by atoms with Crippen LogP contribution in [0, 0.1) is 0 Å². The molecule has 2 aromatic carbocycles. The molecule has 3 N–H and O–H groups in total. The molecule has 0 radical (unpaired) electrons. The zero-order chi connectivity index (χ0) is 18.2. The molecule has 0 spiro atoms. The maximum Gasteiger partial charge on any atom is 0.279 e. The molecule has 2 aromatic rings. The standard InChI is InChI=1S/C19H23N3O3/c1-20-19(24)15-9-7-14(8-10-15)12-22(2)13-18(23)21-16-5-4-6-17(11-16)25-3/h4-11H,12-13H2,1-3H3,(H,20,24)(H,21,23)/p+1. The summed E-state index contributed by atoms with van der Waals surface area (Å²) < 4.78 is 5.15. The Hall–Kier alpha value is -2.86. The Kier molecular flexibility index (Phi) is 6.54. The summed E-state index contributed by atoms with van der Waals surface area (Å²) in [6.07, 6.45) is 0. The van der Waals surface area contributed by atoms with Gasteiger partial charge in [-0.3, -0.25) is 9.59 Å². The van der Waals surface area contributed by atoms with Crippen LogP contribution >= 0.6 is 0 Å². The van der Waals surface area contributed by atoms with Crippen LogP contribution in [0.15, 0.2) is 48.5 Å². The van der Waals surface area contributed by atoms with Crippen LogP contribution in [0.5, 0.6) is 5.75 Å². The lowest BCUT2D eigenvalue weighted by Crippen LogP contribution is -3.08. The molecule has 0 aliphatic rings. The fourth-order valence-corrected chi connectivity index (χ4v) is 2.51. The normalized spacial score (nSPS) is 11.5. The van der Waals surface area contributed by atoms with Crippen LogP contribution in [-0.2, 0) is 11.3 Å². The summed E-state index contributed by atoms with van der Waals surface area (Å²) in [5.74, 6) is 0.535. The molecule has 2 amide bonds. The average Bonchev–Trinajstić information content (AvgIpc) is 2.61. The number of methoxy groups -OCH3 is 1. The lowest BCUT2D eigenvalue weighted by atomic mass is 10.1. The predicted molar refractivity (Wildman–Crippen MR) is 96.9 cm³/mol. The molecule has 0 aliphatic carbocycles. The molecule has 0 saturated carbocycles. The van der Waals surface area contributed by atoms with Gasteiger partial charge in [0.15, 0.2) is 6.54 Å². The highest BCUT2D eigenvalue weighted by Gasteiger charge is 2.12. The Morgan fingerprint density at radius 3 is 2.48 bits per heavy atom. The minimum absolute atomic E-state index is 0.0623. The van der Waals surface area contributed by atoms with E-state index in [4.69, 9.17) is 4.74 Å². The van der Waals surface area contributed by atoms with Gasteiger partial charge in [0.05, 0.1) is 14.2 Å². The average molecular weight is 342 g/mol. The first-order chi connectivity index (χ1) is 12.0. The summed E-state index contributed by atoms with van der Waals surface area (Å²) in [5.41, 5.74) is 2.41. The minimum Gasteiger partial charge on any atom is -0.497 e. The highest BCUT2D eigenvalue weighted by Crippen LogP contribution is 2.16. The first-order valence-electron chi connectivity index (χ1n) is 8.08. The monoisotopic (exact) mass is 342 g/mol. The van der Waals surface area contributed by atoms with Gasteiger partial charge in [-0.15, -0.1) is 0 Å². The van der Waals surface area contributed by atoms with Gasteiger partial charge < -0.3 is 20.3 Å². The Morgan fingerprint density at radius 2 is 1.84 bits per heavy atom. The fraction of sp³-hybridized carbons (Fsp3) is 0.263. The Bertz CT molecular complexity index is 729. The van der Waals surface area contributed by atoms with Gasteiger partial charge in [0.2, 0.25) is 0 Å². The molecule has 6 heteroatoms. The van der Waals surface area contributed by atoms with Crippen molar-refractivity contribution in [1.29, 1.82) is 0 Å². The molecule has 2 rings (SSSR count). The third kappa shape index (κ3) is 5.61. The molecule has 6 nitrogen and oxygen atoms in total. The van der Waals surface area contributed by atoms with Gasteiger partial charge in [-0.2, -0.15) is 0 Å². The molecule has 0 saturated heterocycles. The van der Waals surface area contributed by atoms with Crippen LogP contribution in [0.1, 0.15) is 15.9 Å². The second-order valence-corrected chi connectivity index (χ2v) is 5.87. The number of quaternary nitrogens is 1. The van der Waals surface area contributed by atoms with Crippen molar-refractivity contribution in [3.05, 3.63) is 59.7 Å². The topological polar surface area (TPSA) is 71.9 Å². The molecule has 0 aromatic heterocycles. The smallest absolute Gasteiger partial charge is 0.279 e. The number of carbonyl (C=O) groups is 2. The van der Waals surface area contributed by atoms with Crippen molar-refractivity contribution in [2.75, 3.05) is 33.1 Å². The van der Waals surface area contributed by atoms with E-state index in [-0.39, 0.29) is 11.8 Å². The molecular weight excluding hydrogens is 318 g/mol. The Balaban J connectivity index is 1.87. The molecule has 25 heavy (non-hydrogen) atoms. The summed E-state index contributed by atoms with van der Waals surface area (Å²) in [4.78, 5) is 24.8. The number of carbonyl (C=O) groups excluding carboxylic acids is 2. The number of benzene rings is 2. The van der Waals surface area contributed by atoms with Crippen molar-refractivity contribution >= 4 is 17.5 Å². The zero-order valence-corrected chi connectivity index (χ0v) is 14.8. The van der Waals surface area contributed by atoms with E-state index in [1.165, 1.54) is 0 Å². The largest absolute Gasteiger partial charge is 0.497 e. The first kappa shape index (κ1) is 18.5. The Morgan fingerprint density at radius 1 is 1.12 bits per heavy atom. The molecule has 0 fully saturated rings. The molecule has 132 valence electrons. The Labute approximate surface area is 147 Å². The summed E-state index contributed by atoms with van der Waals surface area (Å²) in [6, 6.07) is 14.7. The van der Waals surface area contributed by atoms with Crippen molar-refractivity contribution < 1.29 is 19.2 Å². The number of likely N-dealkylation sites (N-methyl/N-ethyl adjacent to an activating group) is 1. The number of ether oxygens (including phenoxy) is 1. The van der Waals surface area contributed by atoms with E-state index >= 15 is 0 Å². The molecule has 0 heterocycles. The number of rotatable bonds is 7. The zero-order valence-electron chi connectivity index (χ0n) is 14.8. The number of hydrogen-bond donors (Lipinski definition) is 3. The van der Waals surface area contributed by atoms with Crippen molar-refractivity contribution in [2.24, 2.45) is 0 Å². The van der Waals surface area contributed by atoms with E-state index in [1.807, 2.05) is 37.4 Å². The number of hydrogen-bond acceptors (Lipinski definition) is 3. The number of anilines is 1. The van der Waals surface area contributed by atoms with Gasteiger partial charge in [0.25, 0.3) is 11.8 Å². The third-order valence-corrected chi connectivity index (χ3v) is 3.76. The quantitative estimate of drug-likeness (QED) is 0.694. The van der Waals surface area contributed by atoms with Gasteiger partial charge >= 0.3 is 0 Å². The van der Waals surface area contributed by atoms with Crippen LogP contribution in [-0.4, -0.2) is 39.6 Å². The van der Waals surface area contributed by atoms with Gasteiger partial charge in [-0.25, -0.2) is 0 Å². The van der Waals surface area contributed by atoms with Crippen molar-refractivity contribution in [2.45, 2.75) is 6.54 Å². The van der Waals surface area contributed by atoms with Crippen LogP contribution in [0.3, 0.4) is 0 Å². The van der Waals surface area contributed by atoms with Crippen LogP contribution in [0.4, 0.5) is 5.69 Å². The maximum absolute atomic E-state index is 12.2. The van der Waals surface area contributed by atoms with Crippen molar-refractivity contribution in [3.8, 4) is 5.75 Å². The van der Waals surface area contributed by atoms with Crippen molar-refractivity contribution in [3.63, 3.8) is 0 Å². The van der Waals surface area contributed by atoms with Crippen LogP contribution in [0.2, 0.25) is 0 Å². The van der Waals surface area contributed by atoms with E-state index in [1.54, 1.807) is 32.4 Å². The van der Waals surface area contributed by atoms with E-state index in [9.17, 15) is 9.59 Å². The highest BCUT2D eigenvalue weighted by atomic mass is 16.5. The van der Waals surface area contributed by atoms with E-state index in [0.29, 0.717) is 30.1 Å². The summed E-state index contributed by atoms with van der Waals surface area (Å²) >= 11 is 0. The predicted octanol–water partition coefficient (Wildman–Crippen LogP) is 0.708. The van der Waals surface area contributed by atoms with E-state index in [0.717, 1.165) is 10.5 Å². The SMILES string of the molecule is CNC(=O)c1ccc(C[NH+](C)CC(=O)Nc2cccc(OC)c2)cc1. The fourth-order valence-electron chi connectivity index (χ4n) is 2.51. The van der Waals surface area contributed by atoms with Crippen molar-refractivity contribution in [1.82, 2.24) is 5.32 Å². The van der Waals surface area contributed by atoms with Gasteiger partial charge in [-0.05, 0) is 24.3 Å². The number of nitrogens with one attached hydrogen (secondary N) is 3. The molecule has 1 unspecified atom stereocenters. The van der Waals surface area contributed by atoms with E-state index < -0.39 is 0 Å². The first-order valence-corrected chi connectivity index (χ1v) is 8.08.